The lowest BCUT2D eigenvalue weighted by Crippen LogP contribution is -2.38. The molecular weight excluding hydrogens is 406 g/mol. The molecule has 0 spiro atoms. The zero-order valence-electron chi connectivity index (χ0n) is 17.1. The molecule has 31 heavy (non-hydrogen) atoms. The number of fused-ring (bicyclic) bond motifs is 1. The van der Waals surface area contributed by atoms with Gasteiger partial charge < -0.3 is 10.1 Å². The Balaban J connectivity index is 1.47. The highest BCUT2D eigenvalue weighted by Crippen LogP contribution is 2.30. The minimum Gasteiger partial charge on any atom is -0.456 e. The zero-order chi connectivity index (χ0) is 22.4. The molecule has 1 aliphatic heterocycles. The van der Waals surface area contributed by atoms with Crippen molar-refractivity contribution in [1.82, 2.24) is 10.2 Å². The van der Waals surface area contributed by atoms with Crippen LogP contribution in [-0.4, -0.2) is 52.7 Å². The fourth-order valence-corrected chi connectivity index (χ4v) is 3.96. The van der Waals surface area contributed by atoms with Gasteiger partial charge in [-0.05, 0) is 18.9 Å². The van der Waals surface area contributed by atoms with Crippen LogP contribution in [0.3, 0.4) is 0 Å². The second-order valence-corrected chi connectivity index (χ2v) is 7.74. The minimum absolute atomic E-state index is 0.0638. The van der Waals surface area contributed by atoms with Gasteiger partial charge in [0.05, 0.1) is 16.9 Å². The highest BCUT2D eigenvalue weighted by atomic mass is 16.6. The number of nitrogens with zero attached hydrogens (tertiary/aromatic N) is 2. The first-order valence-electron chi connectivity index (χ1n) is 10.5. The van der Waals surface area contributed by atoms with Crippen molar-refractivity contribution in [3.63, 3.8) is 0 Å². The Morgan fingerprint density at radius 1 is 1.10 bits per heavy atom. The standard InChI is InChI=1S/C21H25N3O7/c25-17(22-14-7-4-2-1-3-5-8-14)13-31-18(26)11-12-23-20(27)15-9-6-10-16(24(29)30)19(15)21(23)28/h6,9-10,14H,1-5,7-8,11-13H2,(H,22,25). The van der Waals surface area contributed by atoms with Crippen LogP contribution in [0.5, 0.6) is 0 Å². The number of nitro groups is 1. The van der Waals surface area contributed by atoms with Crippen molar-refractivity contribution in [2.24, 2.45) is 0 Å². The third-order valence-electron chi connectivity index (χ3n) is 5.55. The molecule has 10 nitrogen and oxygen atoms in total. The van der Waals surface area contributed by atoms with Crippen LogP contribution in [0.15, 0.2) is 18.2 Å². The molecule has 0 atom stereocenters. The van der Waals surface area contributed by atoms with Gasteiger partial charge in [-0.25, -0.2) is 0 Å². The predicted molar refractivity (Wildman–Crippen MR) is 108 cm³/mol. The first-order chi connectivity index (χ1) is 14.9. The van der Waals surface area contributed by atoms with Gasteiger partial charge in [-0.15, -0.1) is 0 Å². The number of benzene rings is 1. The average Bonchev–Trinajstić information content (AvgIpc) is 2.97. The Morgan fingerprint density at radius 3 is 2.45 bits per heavy atom. The quantitative estimate of drug-likeness (QED) is 0.303. The van der Waals surface area contributed by atoms with E-state index in [1.807, 2.05) is 0 Å². The van der Waals surface area contributed by atoms with Crippen molar-refractivity contribution >= 4 is 29.4 Å². The average molecular weight is 431 g/mol. The van der Waals surface area contributed by atoms with Gasteiger partial charge in [0.1, 0.15) is 5.56 Å². The van der Waals surface area contributed by atoms with Crippen LogP contribution in [0.4, 0.5) is 5.69 Å². The number of hydrogen-bond donors (Lipinski definition) is 1. The molecule has 0 unspecified atom stereocenters. The van der Waals surface area contributed by atoms with Crippen LogP contribution >= 0.6 is 0 Å². The fourth-order valence-electron chi connectivity index (χ4n) is 3.96. The Labute approximate surface area is 179 Å². The summed E-state index contributed by atoms with van der Waals surface area (Å²) in [6.07, 6.45) is 7.16. The van der Waals surface area contributed by atoms with Gasteiger partial charge in [0, 0.05) is 18.7 Å². The van der Waals surface area contributed by atoms with Crippen molar-refractivity contribution in [3.8, 4) is 0 Å². The Morgan fingerprint density at radius 2 is 1.77 bits per heavy atom. The van der Waals surface area contributed by atoms with Crippen LogP contribution in [0.25, 0.3) is 0 Å². The maximum absolute atomic E-state index is 12.5. The summed E-state index contributed by atoms with van der Waals surface area (Å²) in [6.45, 7) is -0.713. The van der Waals surface area contributed by atoms with Crippen LogP contribution in [0.1, 0.15) is 72.1 Å². The molecule has 1 N–H and O–H groups in total. The van der Waals surface area contributed by atoms with E-state index in [2.05, 4.69) is 5.32 Å². The summed E-state index contributed by atoms with van der Waals surface area (Å²) in [6, 6.07) is 3.90. The smallest absolute Gasteiger partial charge is 0.308 e. The lowest BCUT2D eigenvalue weighted by molar-refractivity contribution is -0.385. The van der Waals surface area contributed by atoms with Gasteiger partial charge in [0.2, 0.25) is 0 Å². The second-order valence-electron chi connectivity index (χ2n) is 7.74. The van der Waals surface area contributed by atoms with Crippen molar-refractivity contribution in [2.45, 2.75) is 57.4 Å². The molecule has 1 heterocycles. The molecule has 1 aromatic carbocycles. The molecule has 1 aliphatic carbocycles. The molecular formula is C21H25N3O7. The van der Waals surface area contributed by atoms with E-state index in [0.29, 0.717) is 0 Å². The summed E-state index contributed by atoms with van der Waals surface area (Å²) in [5.74, 6) is -2.63. The summed E-state index contributed by atoms with van der Waals surface area (Å²) in [4.78, 5) is 60.1. The molecule has 1 saturated carbocycles. The number of nitrogens with one attached hydrogen (secondary N) is 1. The molecule has 3 rings (SSSR count). The molecule has 0 aromatic heterocycles. The van der Waals surface area contributed by atoms with E-state index < -0.39 is 35.0 Å². The number of rotatable bonds is 7. The number of imide groups is 1. The van der Waals surface area contributed by atoms with Crippen LogP contribution in [-0.2, 0) is 14.3 Å². The Bertz CT molecular complexity index is 891. The van der Waals surface area contributed by atoms with E-state index in [4.69, 9.17) is 4.74 Å². The van der Waals surface area contributed by atoms with Crippen LogP contribution in [0.2, 0.25) is 0 Å². The SMILES string of the molecule is O=C(COC(=O)CCN1C(=O)c2cccc([N+](=O)[O-])c2C1=O)NC1CCCCCCC1. The van der Waals surface area contributed by atoms with E-state index in [0.717, 1.165) is 49.5 Å². The van der Waals surface area contributed by atoms with Gasteiger partial charge in [0.25, 0.3) is 23.4 Å². The normalized spacial score (nSPS) is 17.0. The maximum Gasteiger partial charge on any atom is 0.308 e. The number of esters is 1. The van der Waals surface area contributed by atoms with Crippen molar-refractivity contribution in [1.29, 1.82) is 0 Å². The number of nitro benzene ring substituents is 1. The van der Waals surface area contributed by atoms with Gasteiger partial charge in [0.15, 0.2) is 6.61 Å². The molecule has 0 bridgehead atoms. The molecule has 0 saturated heterocycles. The predicted octanol–water partition coefficient (Wildman–Crippen LogP) is 2.35. The van der Waals surface area contributed by atoms with Crippen LogP contribution < -0.4 is 5.32 Å². The summed E-state index contributed by atoms with van der Waals surface area (Å²) >= 11 is 0. The van der Waals surface area contributed by atoms with Crippen LogP contribution in [0, 0.1) is 10.1 Å². The molecule has 2 aliphatic rings. The monoisotopic (exact) mass is 431 g/mol. The largest absolute Gasteiger partial charge is 0.456 e. The second kappa shape index (κ2) is 10.1. The summed E-state index contributed by atoms with van der Waals surface area (Å²) < 4.78 is 4.96. The molecule has 1 fully saturated rings. The minimum atomic E-state index is -0.817. The highest BCUT2D eigenvalue weighted by Gasteiger charge is 2.40. The fraction of sp³-hybridized carbons (Fsp3) is 0.524. The molecule has 3 amide bonds. The van der Waals surface area contributed by atoms with E-state index in [1.165, 1.54) is 18.6 Å². The number of hydrogen-bond acceptors (Lipinski definition) is 7. The lowest BCUT2D eigenvalue weighted by atomic mass is 9.97. The summed E-state index contributed by atoms with van der Waals surface area (Å²) in [7, 11) is 0. The van der Waals surface area contributed by atoms with Crippen molar-refractivity contribution in [3.05, 3.63) is 39.4 Å². The van der Waals surface area contributed by atoms with Gasteiger partial charge in [-0.2, -0.15) is 0 Å². The lowest BCUT2D eigenvalue weighted by Gasteiger charge is -2.21. The third kappa shape index (κ3) is 5.44. The van der Waals surface area contributed by atoms with Crippen molar-refractivity contribution in [2.75, 3.05) is 13.2 Å². The molecule has 166 valence electrons. The van der Waals surface area contributed by atoms with E-state index >= 15 is 0 Å². The molecule has 1 aromatic rings. The number of carbonyl (C=O) groups is 4. The topological polar surface area (TPSA) is 136 Å². The van der Waals surface area contributed by atoms with Crippen molar-refractivity contribution < 1.29 is 28.8 Å². The number of amides is 3. The Hall–Kier alpha value is -3.30. The zero-order valence-corrected chi connectivity index (χ0v) is 17.1. The number of carbonyl (C=O) groups excluding carboxylic acids is 4. The van der Waals surface area contributed by atoms with E-state index in [-0.39, 0.29) is 36.0 Å². The number of ether oxygens (including phenoxy) is 1. The highest BCUT2D eigenvalue weighted by molar-refractivity contribution is 6.23. The summed E-state index contributed by atoms with van der Waals surface area (Å²) in [5, 5.41) is 14.0. The van der Waals surface area contributed by atoms with E-state index in [9.17, 15) is 29.3 Å². The van der Waals surface area contributed by atoms with E-state index in [1.54, 1.807) is 0 Å². The molecule has 0 radical (unpaired) electrons. The summed E-state index contributed by atoms with van der Waals surface area (Å²) in [5.41, 5.74) is -0.789. The maximum atomic E-state index is 12.5. The Kier molecular flexibility index (Phi) is 7.32. The first kappa shape index (κ1) is 22.4. The molecule has 10 heteroatoms. The van der Waals surface area contributed by atoms with Gasteiger partial charge in [-0.1, -0.05) is 38.2 Å². The third-order valence-corrected chi connectivity index (χ3v) is 5.55. The first-order valence-corrected chi connectivity index (χ1v) is 10.5. The van der Waals surface area contributed by atoms with Gasteiger partial charge in [-0.3, -0.25) is 34.2 Å². The van der Waals surface area contributed by atoms with Gasteiger partial charge >= 0.3 is 5.97 Å².